The van der Waals surface area contributed by atoms with Crippen LogP contribution < -0.4 is 5.32 Å². The van der Waals surface area contributed by atoms with E-state index in [1.165, 1.54) is 26.0 Å². The Hall–Kier alpha value is -3.27. The lowest BCUT2D eigenvalue weighted by molar-refractivity contribution is -0.141. The van der Waals surface area contributed by atoms with Crippen LogP contribution >= 0.6 is 0 Å². The van der Waals surface area contributed by atoms with Crippen molar-refractivity contribution in [2.45, 2.75) is 57.2 Å². The Balaban J connectivity index is 1.66. The first-order chi connectivity index (χ1) is 16.0. The van der Waals surface area contributed by atoms with E-state index in [4.69, 9.17) is 4.42 Å². The number of hydrogen-bond acceptors (Lipinski definition) is 6. The number of benzene rings is 1. The zero-order chi connectivity index (χ0) is 24.7. The fraction of sp³-hybridized carbons (Fsp3) is 0.417. The molecule has 0 atom stereocenters. The van der Waals surface area contributed by atoms with Crippen LogP contribution in [0.15, 0.2) is 34.7 Å². The van der Waals surface area contributed by atoms with E-state index >= 15 is 0 Å². The van der Waals surface area contributed by atoms with Gasteiger partial charge in [-0.2, -0.15) is 13.2 Å². The van der Waals surface area contributed by atoms with Crippen molar-refractivity contribution in [3.05, 3.63) is 53.2 Å². The zero-order valence-electron chi connectivity index (χ0n) is 18.6. The molecule has 0 aliphatic heterocycles. The quantitative estimate of drug-likeness (QED) is 0.492. The SMILES string of the molecule is CC(C)(O)c1cc2nc([C@H]3CC[C@H](C=O)CC3)oc2cc1NC(=O)c1cccc(C(F)(F)F)n1. The van der Waals surface area contributed by atoms with Gasteiger partial charge in [0.15, 0.2) is 11.5 Å². The van der Waals surface area contributed by atoms with Gasteiger partial charge >= 0.3 is 6.18 Å². The number of pyridine rings is 1. The number of nitrogens with zero attached hydrogens (tertiary/aromatic N) is 2. The van der Waals surface area contributed by atoms with Crippen molar-refractivity contribution in [1.29, 1.82) is 0 Å². The molecule has 1 aromatic carbocycles. The van der Waals surface area contributed by atoms with E-state index in [1.807, 2.05) is 0 Å². The second-order valence-electron chi connectivity index (χ2n) is 9.08. The highest BCUT2D eigenvalue weighted by Crippen LogP contribution is 2.38. The van der Waals surface area contributed by atoms with Gasteiger partial charge in [0.1, 0.15) is 23.2 Å². The smallest absolute Gasteiger partial charge is 0.433 e. The number of aliphatic hydroxyl groups is 1. The molecule has 1 amide bonds. The number of rotatable bonds is 5. The van der Waals surface area contributed by atoms with Crippen molar-refractivity contribution in [3.63, 3.8) is 0 Å². The molecule has 0 spiro atoms. The highest BCUT2D eigenvalue weighted by molar-refractivity contribution is 6.04. The predicted octanol–water partition coefficient (Wildman–Crippen LogP) is 5.19. The van der Waals surface area contributed by atoms with Crippen LogP contribution in [0.2, 0.25) is 0 Å². The molecule has 3 aromatic rings. The first-order valence-electron chi connectivity index (χ1n) is 10.9. The molecule has 10 heteroatoms. The molecule has 2 aromatic heterocycles. The van der Waals surface area contributed by atoms with Gasteiger partial charge in [-0.3, -0.25) is 4.79 Å². The molecule has 0 bridgehead atoms. The Kier molecular flexibility index (Phi) is 6.20. The zero-order valence-corrected chi connectivity index (χ0v) is 18.6. The Morgan fingerprint density at radius 1 is 1.15 bits per heavy atom. The molecule has 1 aliphatic carbocycles. The van der Waals surface area contributed by atoms with Crippen molar-refractivity contribution in [3.8, 4) is 0 Å². The van der Waals surface area contributed by atoms with Gasteiger partial charge in [-0.05, 0) is 57.7 Å². The van der Waals surface area contributed by atoms with Gasteiger partial charge in [0, 0.05) is 23.5 Å². The Bertz CT molecular complexity index is 1220. The summed E-state index contributed by atoms with van der Waals surface area (Å²) in [5, 5.41) is 13.2. The van der Waals surface area contributed by atoms with Crippen LogP contribution in [0.25, 0.3) is 11.1 Å². The van der Waals surface area contributed by atoms with Gasteiger partial charge in [0.25, 0.3) is 5.91 Å². The normalized spacial score (nSPS) is 19.2. The molecule has 180 valence electrons. The largest absolute Gasteiger partial charge is 0.440 e. The van der Waals surface area contributed by atoms with Crippen LogP contribution in [-0.2, 0) is 16.6 Å². The molecule has 0 saturated heterocycles. The molecular formula is C24H24F3N3O4. The first kappa shape index (κ1) is 23.9. The number of oxazole rings is 1. The van der Waals surface area contributed by atoms with E-state index in [9.17, 15) is 27.9 Å². The van der Waals surface area contributed by atoms with E-state index in [0.29, 0.717) is 22.6 Å². The minimum absolute atomic E-state index is 0.0497. The molecule has 4 rings (SSSR count). The summed E-state index contributed by atoms with van der Waals surface area (Å²) in [6.45, 7) is 3.04. The average molecular weight is 475 g/mol. The standard InChI is InChI=1S/C24H24F3N3O4/c1-23(2,33)15-10-18-19(34-22(30-18)14-8-6-13(12-31)7-9-14)11-17(15)29-21(32)16-4-3-5-20(28-16)24(25,26)27/h3-5,10-14,33H,6-9H2,1-2H3,(H,29,32)/t13-,14-. The van der Waals surface area contributed by atoms with Gasteiger partial charge in [0.05, 0.1) is 11.3 Å². The molecule has 2 heterocycles. The van der Waals surface area contributed by atoms with E-state index in [-0.39, 0.29) is 17.5 Å². The van der Waals surface area contributed by atoms with E-state index in [2.05, 4.69) is 15.3 Å². The maximum absolute atomic E-state index is 13.0. The predicted molar refractivity (Wildman–Crippen MR) is 117 cm³/mol. The lowest BCUT2D eigenvalue weighted by atomic mass is 9.83. The van der Waals surface area contributed by atoms with Gasteiger partial charge < -0.3 is 19.6 Å². The molecule has 2 N–H and O–H groups in total. The molecule has 7 nitrogen and oxygen atoms in total. The molecule has 1 fully saturated rings. The summed E-state index contributed by atoms with van der Waals surface area (Å²) in [6.07, 6.45) is -0.667. The third-order valence-corrected chi connectivity index (χ3v) is 6.04. The number of nitrogens with one attached hydrogen (secondary N) is 1. The lowest BCUT2D eigenvalue weighted by Gasteiger charge is -2.22. The maximum Gasteiger partial charge on any atom is 0.433 e. The van der Waals surface area contributed by atoms with Crippen molar-refractivity contribution in [1.82, 2.24) is 9.97 Å². The number of carbonyl (C=O) groups is 2. The van der Waals surface area contributed by atoms with Crippen molar-refractivity contribution in [2.24, 2.45) is 5.92 Å². The highest BCUT2D eigenvalue weighted by Gasteiger charge is 2.33. The summed E-state index contributed by atoms with van der Waals surface area (Å²) < 4.78 is 44.9. The summed E-state index contributed by atoms with van der Waals surface area (Å²) in [5.41, 5.74) is -1.63. The second kappa shape index (κ2) is 8.83. The number of hydrogen-bond donors (Lipinski definition) is 2. The number of anilines is 1. The van der Waals surface area contributed by atoms with Crippen LogP contribution in [0.4, 0.5) is 18.9 Å². The van der Waals surface area contributed by atoms with Crippen LogP contribution in [0.5, 0.6) is 0 Å². The monoisotopic (exact) mass is 475 g/mol. The summed E-state index contributed by atoms with van der Waals surface area (Å²) in [4.78, 5) is 31.7. The molecule has 34 heavy (non-hydrogen) atoms. The van der Waals surface area contributed by atoms with E-state index in [1.54, 1.807) is 6.07 Å². The number of aromatic nitrogens is 2. The van der Waals surface area contributed by atoms with Gasteiger partial charge in [0.2, 0.25) is 0 Å². The first-order valence-corrected chi connectivity index (χ1v) is 10.9. The molecule has 1 aliphatic rings. The molecule has 1 saturated carbocycles. The molecule has 0 unspecified atom stereocenters. The van der Waals surface area contributed by atoms with Crippen LogP contribution in [0, 0.1) is 5.92 Å². The van der Waals surface area contributed by atoms with Crippen LogP contribution in [0.1, 0.15) is 73.1 Å². The van der Waals surface area contributed by atoms with Crippen molar-refractivity contribution < 1.29 is 32.3 Å². The Morgan fingerprint density at radius 3 is 2.47 bits per heavy atom. The van der Waals surface area contributed by atoms with Crippen molar-refractivity contribution >= 4 is 29.0 Å². The Morgan fingerprint density at radius 2 is 1.85 bits per heavy atom. The highest BCUT2D eigenvalue weighted by atomic mass is 19.4. The number of fused-ring (bicyclic) bond motifs is 1. The van der Waals surface area contributed by atoms with Crippen molar-refractivity contribution in [2.75, 3.05) is 5.32 Å². The second-order valence-corrected chi connectivity index (χ2v) is 9.08. The summed E-state index contributed by atoms with van der Waals surface area (Å²) in [6, 6.07) is 6.15. The summed E-state index contributed by atoms with van der Waals surface area (Å²) in [7, 11) is 0. The fourth-order valence-electron chi connectivity index (χ4n) is 4.18. The van der Waals surface area contributed by atoms with Crippen LogP contribution in [-0.4, -0.2) is 27.3 Å². The lowest BCUT2D eigenvalue weighted by Crippen LogP contribution is -2.22. The molecular weight excluding hydrogens is 451 g/mol. The summed E-state index contributed by atoms with van der Waals surface area (Å²) in [5.74, 6) is -0.234. The minimum atomic E-state index is -4.69. The van der Waals surface area contributed by atoms with E-state index in [0.717, 1.165) is 44.1 Å². The maximum atomic E-state index is 13.0. The number of alkyl halides is 3. The van der Waals surface area contributed by atoms with E-state index < -0.39 is 29.1 Å². The topological polar surface area (TPSA) is 105 Å². The van der Waals surface area contributed by atoms with Gasteiger partial charge in [-0.1, -0.05) is 6.07 Å². The average Bonchev–Trinajstić information content (AvgIpc) is 3.20. The number of aldehydes is 1. The Labute approximate surface area is 193 Å². The fourth-order valence-corrected chi connectivity index (χ4v) is 4.18. The third kappa shape index (κ3) is 4.96. The molecule has 0 radical (unpaired) electrons. The number of halogens is 3. The number of amides is 1. The number of carbonyl (C=O) groups excluding carboxylic acids is 2. The third-order valence-electron chi connectivity index (χ3n) is 6.04. The summed E-state index contributed by atoms with van der Waals surface area (Å²) >= 11 is 0. The van der Waals surface area contributed by atoms with Gasteiger partial charge in [-0.15, -0.1) is 0 Å². The van der Waals surface area contributed by atoms with Crippen LogP contribution in [0.3, 0.4) is 0 Å². The van der Waals surface area contributed by atoms with Gasteiger partial charge in [-0.25, -0.2) is 9.97 Å². The minimum Gasteiger partial charge on any atom is -0.440 e.